The number of hydrogen-bond acceptors (Lipinski definition) is 3. The Morgan fingerprint density at radius 1 is 1.24 bits per heavy atom. The van der Waals surface area contributed by atoms with Gasteiger partial charge in [0.15, 0.2) is 0 Å². The first-order valence-corrected chi connectivity index (χ1v) is 7.74. The maximum absolute atomic E-state index is 5.66. The molecule has 0 aliphatic carbocycles. The Labute approximate surface area is 126 Å². The van der Waals surface area contributed by atoms with E-state index in [9.17, 15) is 0 Å². The Bertz CT molecular complexity index is 632. The number of ether oxygens (including phenoxy) is 1. The first-order valence-electron chi connectivity index (χ1n) is 7.74. The lowest BCUT2D eigenvalue weighted by Gasteiger charge is -2.13. The average molecular weight is 287 g/mol. The molecule has 0 radical (unpaired) electrons. The van der Waals surface area contributed by atoms with E-state index in [4.69, 9.17) is 10.5 Å². The molecular formula is C17H25N3O. The number of fused-ring (bicyclic) bond motifs is 2. The van der Waals surface area contributed by atoms with E-state index >= 15 is 0 Å². The van der Waals surface area contributed by atoms with Gasteiger partial charge in [0.2, 0.25) is 0 Å². The zero-order valence-corrected chi connectivity index (χ0v) is 13.1. The summed E-state index contributed by atoms with van der Waals surface area (Å²) in [6.45, 7) is 4.64. The summed E-state index contributed by atoms with van der Waals surface area (Å²) in [6, 6.07) is 4.76. The number of nitrogens with two attached hydrogens (primary N) is 1. The molecule has 21 heavy (non-hydrogen) atoms. The van der Waals surface area contributed by atoms with Gasteiger partial charge < -0.3 is 15.0 Å². The Balaban J connectivity index is 1.89. The molecular weight excluding hydrogens is 262 g/mol. The van der Waals surface area contributed by atoms with Crippen molar-refractivity contribution in [2.45, 2.75) is 25.9 Å². The lowest BCUT2D eigenvalue weighted by atomic mass is 10.0. The van der Waals surface area contributed by atoms with Crippen molar-refractivity contribution in [2.75, 3.05) is 26.8 Å². The fraction of sp³-hybridized carbons (Fsp3) is 0.529. The second kappa shape index (κ2) is 6.18. The van der Waals surface area contributed by atoms with Crippen LogP contribution in [0.25, 0.3) is 10.9 Å². The van der Waals surface area contributed by atoms with Gasteiger partial charge in [-0.1, -0.05) is 0 Å². The van der Waals surface area contributed by atoms with Gasteiger partial charge in [-0.25, -0.2) is 0 Å². The van der Waals surface area contributed by atoms with Crippen LogP contribution in [-0.2, 0) is 31.3 Å². The summed E-state index contributed by atoms with van der Waals surface area (Å²) in [5.41, 5.74) is 11.4. The van der Waals surface area contributed by atoms with Crippen LogP contribution in [0.2, 0.25) is 0 Å². The standard InChI is InChI=1S/C17H25N3O/c1-19-10-13(4-3-5-18)16-8-14-11-20(6-7-21-2)12-15(14)9-17(16)19/h8-10H,3-7,11-12,18H2,1-2H3. The summed E-state index contributed by atoms with van der Waals surface area (Å²) >= 11 is 0. The molecule has 4 nitrogen and oxygen atoms in total. The van der Waals surface area contributed by atoms with Crippen molar-refractivity contribution in [3.05, 3.63) is 35.0 Å². The Kier molecular flexibility index (Phi) is 4.29. The normalized spacial score (nSPS) is 15.0. The van der Waals surface area contributed by atoms with Gasteiger partial charge in [0, 0.05) is 50.9 Å². The molecule has 2 N–H and O–H groups in total. The van der Waals surface area contributed by atoms with Crippen LogP contribution in [0.5, 0.6) is 0 Å². The molecule has 0 amide bonds. The molecule has 4 heteroatoms. The summed E-state index contributed by atoms with van der Waals surface area (Å²) in [5, 5.41) is 1.40. The lowest BCUT2D eigenvalue weighted by Crippen LogP contribution is -2.21. The van der Waals surface area contributed by atoms with Crippen molar-refractivity contribution in [1.29, 1.82) is 0 Å². The highest BCUT2D eigenvalue weighted by molar-refractivity contribution is 5.85. The summed E-state index contributed by atoms with van der Waals surface area (Å²) in [4.78, 5) is 2.45. The number of methoxy groups -OCH3 is 1. The molecule has 0 spiro atoms. The third kappa shape index (κ3) is 2.84. The van der Waals surface area contributed by atoms with E-state index < -0.39 is 0 Å². The minimum absolute atomic E-state index is 0.756. The van der Waals surface area contributed by atoms with E-state index in [2.05, 4.69) is 34.8 Å². The Hall–Kier alpha value is -1.36. The van der Waals surface area contributed by atoms with Crippen molar-refractivity contribution < 1.29 is 4.74 Å². The number of aryl methyl sites for hydroxylation is 2. The smallest absolute Gasteiger partial charge is 0.0589 e. The number of nitrogens with zero attached hydrogens (tertiary/aromatic N) is 2. The second-order valence-corrected chi connectivity index (χ2v) is 6.00. The molecule has 2 heterocycles. The molecule has 0 atom stereocenters. The molecule has 0 saturated heterocycles. The maximum Gasteiger partial charge on any atom is 0.0589 e. The summed E-state index contributed by atoms with van der Waals surface area (Å²) in [6.07, 6.45) is 4.38. The summed E-state index contributed by atoms with van der Waals surface area (Å²) in [7, 11) is 3.90. The zero-order valence-electron chi connectivity index (χ0n) is 13.1. The van der Waals surface area contributed by atoms with Crippen LogP contribution in [0.3, 0.4) is 0 Å². The average Bonchev–Trinajstić information content (AvgIpc) is 3.02. The predicted octanol–water partition coefficient (Wildman–Crippen LogP) is 2.03. The monoisotopic (exact) mass is 287 g/mol. The van der Waals surface area contributed by atoms with Gasteiger partial charge in [0.05, 0.1) is 6.61 Å². The van der Waals surface area contributed by atoms with Crippen molar-refractivity contribution in [2.24, 2.45) is 12.8 Å². The fourth-order valence-electron chi connectivity index (χ4n) is 3.30. The van der Waals surface area contributed by atoms with Crippen LogP contribution in [0.4, 0.5) is 0 Å². The molecule has 1 aliphatic heterocycles. The number of rotatable bonds is 6. The second-order valence-electron chi connectivity index (χ2n) is 6.00. The SMILES string of the molecule is COCCN1Cc2cc3c(CCCN)cn(C)c3cc2C1. The molecule has 114 valence electrons. The molecule has 1 aliphatic rings. The fourth-order valence-corrected chi connectivity index (χ4v) is 3.30. The van der Waals surface area contributed by atoms with Crippen LogP contribution in [0.1, 0.15) is 23.1 Å². The first kappa shape index (κ1) is 14.6. The summed E-state index contributed by atoms with van der Waals surface area (Å²) < 4.78 is 7.44. The predicted molar refractivity (Wildman–Crippen MR) is 86.3 cm³/mol. The topological polar surface area (TPSA) is 43.4 Å². The zero-order chi connectivity index (χ0) is 14.8. The van der Waals surface area contributed by atoms with E-state index in [1.165, 1.54) is 27.6 Å². The molecule has 2 aromatic rings. The van der Waals surface area contributed by atoms with Crippen molar-refractivity contribution in [3.8, 4) is 0 Å². The van der Waals surface area contributed by atoms with E-state index in [1.54, 1.807) is 7.11 Å². The quantitative estimate of drug-likeness (QED) is 0.884. The molecule has 0 unspecified atom stereocenters. The number of aromatic nitrogens is 1. The van der Waals surface area contributed by atoms with Gasteiger partial charge >= 0.3 is 0 Å². The molecule has 0 saturated carbocycles. The molecule has 0 bridgehead atoms. The number of hydrogen-bond donors (Lipinski definition) is 1. The highest BCUT2D eigenvalue weighted by atomic mass is 16.5. The van der Waals surface area contributed by atoms with E-state index in [1.807, 2.05) is 0 Å². The molecule has 1 aromatic carbocycles. The van der Waals surface area contributed by atoms with Gasteiger partial charge in [-0.15, -0.1) is 0 Å². The van der Waals surface area contributed by atoms with Crippen LogP contribution in [0.15, 0.2) is 18.3 Å². The molecule has 1 aromatic heterocycles. The third-order valence-corrected chi connectivity index (χ3v) is 4.44. The van der Waals surface area contributed by atoms with Gasteiger partial charge in [0.25, 0.3) is 0 Å². The van der Waals surface area contributed by atoms with Crippen molar-refractivity contribution in [3.63, 3.8) is 0 Å². The van der Waals surface area contributed by atoms with Gasteiger partial charge in [0.1, 0.15) is 0 Å². The minimum atomic E-state index is 0.756. The highest BCUT2D eigenvalue weighted by Gasteiger charge is 2.20. The Morgan fingerprint density at radius 3 is 2.71 bits per heavy atom. The van der Waals surface area contributed by atoms with Crippen LogP contribution >= 0.6 is 0 Å². The van der Waals surface area contributed by atoms with Crippen molar-refractivity contribution in [1.82, 2.24) is 9.47 Å². The maximum atomic E-state index is 5.66. The van der Waals surface area contributed by atoms with E-state index in [-0.39, 0.29) is 0 Å². The van der Waals surface area contributed by atoms with Crippen LogP contribution in [0, 0.1) is 0 Å². The molecule has 0 fully saturated rings. The van der Waals surface area contributed by atoms with E-state index in [0.717, 1.165) is 45.6 Å². The minimum Gasteiger partial charge on any atom is -0.383 e. The lowest BCUT2D eigenvalue weighted by molar-refractivity contribution is 0.147. The van der Waals surface area contributed by atoms with Crippen LogP contribution < -0.4 is 5.73 Å². The van der Waals surface area contributed by atoms with E-state index in [0.29, 0.717) is 0 Å². The first-order chi connectivity index (χ1) is 10.2. The largest absolute Gasteiger partial charge is 0.383 e. The van der Waals surface area contributed by atoms with Gasteiger partial charge in [-0.2, -0.15) is 0 Å². The Morgan fingerprint density at radius 2 is 2.00 bits per heavy atom. The summed E-state index contributed by atoms with van der Waals surface area (Å²) in [5.74, 6) is 0. The number of benzene rings is 1. The highest BCUT2D eigenvalue weighted by Crippen LogP contribution is 2.30. The molecule has 3 rings (SSSR count). The van der Waals surface area contributed by atoms with Crippen LogP contribution in [-0.4, -0.2) is 36.3 Å². The van der Waals surface area contributed by atoms with Gasteiger partial charge in [-0.3, -0.25) is 4.90 Å². The van der Waals surface area contributed by atoms with Gasteiger partial charge in [-0.05, 0) is 48.2 Å². The van der Waals surface area contributed by atoms with Crippen molar-refractivity contribution >= 4 is 10.9 Å². The third-order valence-electron chi connectivity index (χ3n) is 4.44.